The zero-order valence-corrected chi connectivity index (χ0v) is 12.3. The van der Waals surface area contributed by atoms with Crippen molar-refractivity contribution in [2.45, 2.75) is 39.7 Å². The van der Waals surface area contributed by atoms with E-state index in [-0.39, 0.29) is 11.8 Å². The molecule has 20 heavy (non-hydrogen) atoms. The van der Waals surface area contributed by atoms with Crippen LogP contribution < -0.4 is 5.32 Å². The van der Waals surface area contributed by atoms with Crippen LogP contribution in [0.5, 0.6) is 0 Å². The van der Waals surface area contributed by atoms with Gasteiger partial charge >= 0.3 is 0 Å². The predicted molar refractivity (Wildman–Crippen MR) is 77.9 cm³/mol. The second kappa shape index (κ2) is 9.07. The number of nitrogens with zero attached hydrogens (tertiary/aromatic N) is 2. The summed E-state index contributed by atoms with van der Waals surface area (Å²) in [6.45, 7) is 5.23. The standard InChI is InChI=1S/C15H23N3O2/c1-3-4-9-17-15(20)7-10-18(13(2)19)12-14-6-5-8-16-11-14/h5-6,8,11H,3-4,7,9-10,12H2,1-2H3,(H,17,20). The molecule has 1 rings (SSSR count). The molecule has 0 aromatic carbocycles. The van der Waals surface area contributed by atoms with Crippen LogP contribution in [-0.2, 0) is 16.1 Å². The number of hydrogen-bond acceptors (Lipinski definition) is 3. The zero-order valence-electron chi connectivity index (χ0n) is 12.3. The van der Waals surface area contributed by atoms with Crippen molar-refractivity contribution < 1.29 is 9.59 Å². The van der Waals surface area contributed by atoms with E-state index < -0.39 is 0 Å². The maximum absolute atomic E-state index is 11.6. The molecule has 0 unspecified atom stereocenters. The molecular formula is C15H23N3O2. The fourth-order valence-electron chi connectivity index (χ4n) is 1.79. The Morgan fingerprint density at radius 1 is 1.40 bits per heavy atom. The van der Waals surface area contributed by atoms with Crippen molar-refractivity contribution in [1.29, 1.82) is 0 Å². The number of amides is 2. The highest BCUT2D eigenvalue weighted by molar-refractivity contribution is 5.77. The van der Waals surface area contributed by atoms with Crippen LogP contribution >= 0.6 is 0 Å². The highest BCUT2D eigenvalue weighted by atomic mass is 16.2. The van der Waals surface area contributed by atoms with E-state index in [0.717, 1.165) is 18.4 Å². The topological polar surface area (TPSA) is 62.3 Å². The van der Waals surface area contributed by atoms with Crippen LogP contribution in [0.25, 0.3) is 0 Å². The predicted octanol–water partition coefficient (Wildman–Crippen LogP) is 1.74. The van der Waals surface area contributed by atoms with Crippen molar-refractivity contribution in [3.05, 3.63) is 30.1 Å². The highest BCUT2D eigenvalue weighted by Gasteiger charge is 2.11. The number of nitrogens with one attached hydrogen (secondary N) is 1. The van der Waals surface area contributed by atoms with Gasteiger partial charge in [0.25, 0.3) is 0 Å². The summed E-state index contributed by atoms with van der Waals surface area (Å²) in [4.78, 5) is 28.9. The SMILES string of the molecule is CCCCNC(=O)CCN(Cc1cccnc1)C(C)=O. The maximum Gasteiger partial charge on any atom is 0.221 e. The average Bonchev–Trinajstić information content (AvgIpc) is 2.44. The molecule has 1 N–H and O–H groups in total. The van der Waals surface area contributed by atoms with Gasteiger partial charge in [-0.05, 0) is 18.1 Å². The van der Waals surface area contributed by atoms with Gasteiger partial charge < -0.3 is 10.2 Å². The lowest BCUT2D eigenvalue weighted by Crippen LogP contribution is -2.33. The summed E-state index contributed by atoms with van der Waals surface area (Å²) < 4.78 is 0. The molecule has 0 aliphatic carbocycles. The van der Waals surface area contributed by atoms with Crippen molar-refractivity contribution in [2.75, 3.05) is 13.1 Å². The molecular weight excluding hydrogens is 254 g/mol. The summed E-state index contributed by atoms with van der Waals surface area (Å²) in [5.74, 6) is -0.0360. The van der Waals surface area contributed by atoms with E-state index in [1.165, 1.54) is 6.92 Å². The van der Waals surface area contributed by atoms with Crippen LogP contribution in [0.2, 0.25) is 0 Å². The molecule has 0 saturated carbocycles. The number of rotatable bonds is 8. The smallest absolute Gasteiger partial charge is 0.221 e. The first kappa shape index (κ1) is 16.1. The normalized spacial score (nSPS) is 10.1. The number of hydrogen-bond donors (Lipinski definition) is 1. The molecule has 1 aromatic rings. The van der Waals surface area contributed by atoms with Gasteiger partial charge in [0.05, 0.1) is 0 Å². The lowest BCUT2D eigenvalue weighted by molar-refractivity contribution is -0.130. The second-order valence-corrected chi connectivity index (χ2v) is 4.76. The van der Waals surface area contributed by atoms with E-state index in [2.05, 4.69) is 17.2 Å². The Bertz CT molecular complexity index is 420. The number of carbonyl (C=O) groups is 2. The van der Waals surface area contributed by atoms with Gasteiger partial charge in [-0.1, -0.05) is 19.4 Å². The largest absolute Gasteiger partial charge is 0.356 e. The summed E-state index contributed by atoms with van der Waals surface area (Å²) in [6.07, 6.45) is 5.81. The Morgan fingerprint density at radius 2 is 2.20 bits per heavy atom. The number of aromatic nitrogens is 1. The van der Waals surface area contributed by atoms with Gasteiger partial charge in [0.2, 0.25) is 11.8 Å². The molecule has 0 aliphatic rings. The molecule has 0 fully saturated rings. The van der Waals surface area contributed by atoms with Crippen LogP contribution in [0.4, 0.5) is 0 Å². The second-order valence-electron chi connectivity index (χ2n) is 4.76. The first-order valence-corrected chi connectivity index (χ1v) is 7.04. The fourth-order valence-corrected chi connectivity index (χ4v) is 1.79. The highest BCUT2D eigenvalue weighted by Crippen LogP contribution is 2.04. The van der Waals surface area contributed by atoms with E-state index in [1.807, 2.05) is 12.1 Å². The minimum Gasteiger partial charge on any atom is -0.356 e. The minimum absolute atomic E-state index is 0.00381. The van der Waals surface area contributed by atoms with Crippen LogP contribution in [-0.4, -0.2) is 34.8 Å². The number of pyridine rings is 1. The third-order valence-corrected chi connectivity index (χ3v) is 3.00. The first-order chi connectivity index (χ1) is 9.63. The average molecular weight is 277 g/mol. The Balaban J connectivity index is 2.40. The molecule has 0 bridgehead atoms. The van der Waals surface area contributed by atoms with Gasteiger partial charge in [-0.2, -0.15) is 0 Å². The Labute approximate surface area is 120 Å². The Hall–Kier alpha value is -1.91. The van der Waals surface area contributed by atoms with Crippen LogP contribution in [0.1, 0.15) is 38.7 Å². The van der Waals surface area contributed by atoms with Crippen LogP contribution in [0, 0.1) is 0 Å². The van der Waals surface area contributed by atoms with E-state index in [0.29, 0.717) is 26.1 Å². The lowest BCUT2D eigenvalue weighted by Gasteiger charge is -2.20. The van der Waals surface area contributed by atoms with Gasteiger partial charge in [0.1, 0.15) is 0 Å². The summed E-state index contributed by atoms with van der Waals surface area (Å²) in [5.41, 5.74) is 0.967. The molecule has 5 nitrogen and oxygen atoms in total. The van der Waals surface area contributed by atoms with Crippen molar-refractivity contribution in [1.82, 2.24) is 15.2 Å². The summed E-state index contributed by atoms with van der Waals surface area (Å²) >= 11 is 0. The molecule has 1 heterocycles. The minimum atomic E-state index is -0.0322. The van der Waals surface area contributed by atoms with Crippen LogP contribution in [0.3, 0.4) is 0 Å². The Kier molecular flexibility index (Phi) is 7.32. The lowest BCUT2D eigenvalue weighted by atomic mass is 10.2. The third kappa shape index (κ3) is 6.31. The van der Waals surface area contributed by atoms with Crippen molar-refractivity contribution in [3.63, 3.8) is 0 Å². The molecule has 0 spiro atoms. The van der Waals surface area contributed by atoms with Crippen molar-refractivity contribution in [2.24, 2.45) is 0 Å². The van der Waals surface area contributed by atoms with Gasteiger partial charge in [-0.25, -0.2) is 0 Å². The molecule has 110 valence electrons. The molecule has 2 amide bonds. The molecule has 0 radical (unpaired) electrons. The molecule has 5 heteroatoms. The first-order valence-electron chi connectivity index (χ1n) is 7.04. The monoisotopic (exact) mass is 277 g/mol. The van der Waals surface area contributed by atoms with Crippen molar-refractivity contribution in [3.8, 4) is 0 Å². The van der Waals surface area contributed by atoms with Gasteiger partial charge in [0, 0.05) is 45.4 Å². The maximum atomic E-state index is 11.6. The zero-order chi connectivity index (χ0) is 14.8. The molecule has 0 atom stereocenters. The van der Waals surface area contributed by atoms with E-state index >= 15 is 0 Å². The Morgan fingerprint density at radius 3 is 2.80 bits per heavy atom. The summed E-state index contributed by atoms with van der Waals surface area (Å²) in [5, 5.41) is 2.85. The van der Waals surface area contributed by atoms with E-state index in [1.54, 1.807) is 17.3 Å². The fraction of sp³-hybridized carbons (Fsp3) is 0.533. The van der Waals surface area contributed by atoms with Crippen LogP contribution in [0.15, 0.2) is 24.5 Å². The summed E-state index contributed by atoms with van der Waals surface area (Å²) in [7, 11) is 0. The van der Waals surface area contributed by atoms with Crippen molar-refractivity contribution >= 4 is 11.8 Å². The molecule has 1 aromatic heterocycles. The van der Waals surface area contributed by atoms with Gasteiger partial charge in [-0.15, -0.1) is 0 Å². The van der Waals surface area contributed by atoms with Gasteiger partial charge in [-0.3, -0.25) is 14.6 Å². The molecule has 0 aliphatic heterocycles. The summed E-state index contributed by atoms with van der Waals surface area (Å²) in [6, 6.07) is 3.76. The van der Waals surface area contributed by atoms with E-state index in [4.69, 9.17) is 0 Å². The quantitative estimate of drug-likeness (QED) is 0.736. The van der Waals surface area contributed by atoms with E-state index in [9.17, 15) is 9.59 Å². The third-order valence-electron chi connectivity index (χ3n) is 3.00. The number of unbranched alkanes of at least 4 members (excludes halogenated alkanes) is 1. The van der Waals surface area contributed by atoms with Gasteiger partial charge in [0.15, 0.2) is 0 Å². The number of carbonyl (C=O) groups excluding carboxylic acids is 2. The molecule has 0 saturated heterocycles.